The van der Waals surface area contributed by atoms with Crippen LogP contribution in [0.4, 0.5) is 0 Å². The van der Waals surface area contributed by atoms with E-state index in [1.54, 1.807) is 23.1 Å². The molecule has 5 nitrogen and oxygen atoms in total. The molecule has 118 valence electrons. The summed E-state index contributed by atoms with van der Waals surface area (Å²) in [5, 5.41) is 17.9. The molecule has 1 aromatic rings. The van der Waals surface area contributed by atoms with Gasteiger partial charge in [0.05, 0.1) is 22.8 Å². The second-order valence-corrected chi connectivity index (χ2v) is 7.71. The third-order valence-electron chi connectivity index (χ3n) is 3.39. The van der Waals surface area contributed by atoms with Gasteiger partial charge >= 0.3 is 0 Å². The van der Waals surface area contributed by atoms with Crippen molar-refractivity contribution in [3.05, 3.63) is 15.6 Å². The fraction of sp³-hybridized carbons (Fsp3) is 0.714. The Morgan fingerprint density at radius 3 is 2.81 bits per heavy atom. The van der Waals surface area contributed by atoms with Crippen molar-refractivity contribution in [2.24, 2.45) is 4.99 Å². The Labute approximate surface area is 134 Å². The second-order valence-electron chi connectivity index (χ2n) is 5.32. The summed E-state index contributed by atoms with van der Waals surface area (Å²) in [5.74, 6) is 2.59. The van der Waals surface area contributed by atoms with E-state index in [0.29, 0.717) is 13.1 Å². The average molecular weight is 329 g/mol. The molecule has 0 spiro atoms. The van der Waals surface area contributed by atoms with Gasteiger partial charge in [0.25, 0.3) is 0 Å². The molecule has 1 atom stereocenters. The minimum Gasteiger partial charge on any atom is -0.387 e. The van der Waals surface area contributed by atoms with Gasteiger partial charge in [0.2, 0.25) is 0 Å². The Balaban J connectivity index is 1.94. The molecule has 0 saturated carbocycles. The van der Waals surface area contributed by atoms with Crippen molar-refractivity contribution in [3.8, 4) is 0 Å². The van der Waals surface area contributed by atoms with E-state index in [4.69, 9.17) is 0 Å². The zero-order valence-corrected chi connectivity index (χ0v) is 14.5. The van der Waals surface area contributed by atoms with Crippen LogP contribution < -0.4 is 10.6 Å². The van der Waals surface area contributed by atoms with E-state index in [0.717, 1.165) is 41.1 Å². The Kier molecular flexibility index (Phi) is 5.89. The molecular weight excluding hydrogens is 304 g/mol. The number of aliphatic imine (C=N–C) groups is 1. The number of rotatable bonds is 5. The molecule has 0 aliphatic carbocycles. The first kappa shape index (κ1) is 16.6. The molecule has 7 heteroatoms. The summed E-state index contributed by atoms with van der Waals surface area (Å²) < 4.78 is 0. The summed E-state index contributed by atoms with van der Waals surface area (Å²) in [5.41, 5.74) is 0.459. The molecule has 3 N–H and O–H groups in total. The van der Waals surface area contributed by atoms with Crippen LogP contribution in [0.25, 0.3) is 0 Å². The Bertz CT molecular complexity index is 495. The van der Waals surface area contributed by atoms with Gasteiger partial charge < -0.3 is 15.7 Å². The lowest BCUT2D eigenvalue weighted by atomic mass is 10.0. The maximum absolute atomic E-state index is 10.4. The zero-order chi connectivity index (χ0) is 15.3. The smallest absolute Gasteiger partial charge is 0.191 e. The molecule has 1 unspecified atom stereocenters. The number of nitrogens with one attached hydrogen (secondary N) is 2. The van der Waals surface area contributed by atoms with Crippen molar-refractivity contribution in [3.63, 3.8) is 0 Å². The Hall–Kier alpha value is -0.790. The molecular formula is C14H24N4OS2. The topological polar surface area (TPSA) is 69.5 Å². The van der Waals surface area contributed by atoms with E-state index in [9.17, 15) is 5.11 Å². The summed E-state index contributed by atoms with van der Waals surface area (Å²) in [4.78, 5) is 10.2. The van der Waals surface area contributed by atoms with E-state index in [1.807, 2.05) is 20.8 Å². The molecule has 0 radical (unpaired) electrons. The molecule has 1 aliphatic heterocycles. The van der Waals surface area contributed by atoms with Crippen LogP contribution in [0.5, 0.6) is 0 Å². The normalized spacial score (nSPS) is 22.6. The number of guanidine groups is 1. The predicted octanol–water partition coefficient (Wildman–Crippen LogP) is 1.68. The van der Waals surface area contributed by atoms with Gasteiger partial charge in [-0.3, -0.25) is 0 Å². The molecule has 0 aromatic carbocycles. The molecule has 0 amide bonds. The molecule has 1 saturated heterocycles. The van der Waals surface area contributed by atoms with Gasteiger partial charge in [0.1, 0.15) is 0 Å². The summed E-state index contributed by atoms with van der Waals surface area (Å²) >= 11 is 3.49. The number of aliphatic hydroxyl groups is 1. The van der Waals surface area contributed by atoms with E-state index >= 15 is 0 Å². The van der Waals surface area contributed by atoms with Crippen molar-refractivity contribution in [2.75, 3.05) is 24.6 Å². The summed E-state index contributed by atoms with van der Waals surface area (Å²) in [6, 6.07) is 0. The number of thioether (sulfide) groups is 1. The van der Waals surface area contributed by atoms with Gasteiger partial charge in [-0.05, 0) is 32.9 Å². The number of hydrogen-bond donors (Lipinski definition) is 3. The minimum absolute atomic E-state index is 0.548. The fourth-order valence-electron chi connectivity index (χ4n) is 2.20. The van der Waals surface area contributed by atoms with Crippen molar-refractivity contribution in [2.45, 2.75) is 39.3 Å². The number of aryl methyl sites for hydroxylation is 2. The highest BCUT2D eigenvalue weighted by molar-refractivity contribution is 7.99. The van der Waals surface area contributed by atoms with Gasteiger partial charge in [-0.15, -0.1) is 11.3 Å². The molecule has 1 fully saturated rings. The third kappa shape index (κ3) is 4.86. The maximum atomic E-state index is 10.4. The largest absolute Gasteiger partial charge is 0.387 e. The summed E-state index contributed by atoms with van der Waals surface area (Å²) in [7, 11) is 0. The van der Waals surface area contributed by atoms with E-state index in [2.05, 4.69) is 20.6 Å². The van der Waals surface area contributed by atoms with Gasteiger partial charge in [-0.25, -0.2) is 9.98 Å². The average Bonchev–Trinajstić information content (AvgIpc) is 3.00. The van der Waals surface area contributed by atoms with Gasteiger partial charge in [-0.2, -0.15) is 11.8 Å². The highest BCUT2D eigenvalue weighted by atomic mass is 32.2. The lowest BCUT2D eigenvalue weighted by Crippen LogP contribution is -2.47. The number of thiazole rings is 1. The number of hydrogen-bond acceptors (Lipinski definition) is 5. The molecule has 1 aliphatic rings. The maximum Gasteiger partial charge on any atom is 0.191 e. The lowest BCUT2D eigenvalue weighted by molar-refractivity contribution is 0.0724. The van der Waals surface area contributed by atoms with Crippen molar-refractivity contribution >= 4 is 29.1 Å². The van der Waals surface area contributed by atoms with E-state index in [1.165, 1.54) is 4.88 Å². The molecule has 2 rings (SSSR count). The molecule has 0 bridgehead atoms. The SMILES string of the molecule is CCNC(=NCc1sc(C)nc1C)NCC1(O)CCSC1. The Morgan fingerprint density at radius 2 is 2.24 bits per heavy atom. The molecule has 1 aromatic heterocycles. The van der Waals surface area contributed by atoms with Crippen LogP contribution in [0, 0.1) is 13.8 Å². The monoisotopic (exact) mass is 328 g/mol. The zero-order valence-electron chi connectivity index (χ0n) is 12.9. The first-order valence-corrected chi connectivity index (χ1v) is 9.25. The van der Waals surface area contributed by atoms with Crippen LogP contribution in [-0.2, 0) is 6.54 Å². The van der Waals surface area contributed by atoms with Crippen LogP contribution in [0.15, 0.2) is 4.99 Å². The molecule has 21 heavy (non-hydrogen) atoms. The lowest BCUT2D eigenvalue weighted by Gasteiger charge is -2.23. The quantitative estimate of drug-likeness (QED) is 0.567. The van der Waals surface area contributed by atoms with Crippen molar-refractivity contribution in [1.29, 1.82) is 0 Å². The standard InChI is InChI=1S/C14H24N4OS2/c1-4-15-13(17-8-14(19)5-6-20-9-14)16-7-12-10(2)18-11(3)21-12/h19H,4-9H2,1-3H3,(H2,15,16,17). The fourth-order valence-corrected chi connectivity index (χ4v) is 4.35. The van der Waals surface area contributed by atoms with Crippen LogP contribution in [-0.4, -0.2) is 46.2 Å². The predicted molar refractivity (Wildman–Crippen MR) is 91.3 cm³/mol. The van der Waals surface area contributed by atoms with Gasteiger partial charge in [0.15, 0.2) is 5.96 Å². The van der Waals surface area contributed by atoms with Gasteiger partial charge in [0, 0.05) is 23.7 Å². The van der Waals surface area contributed by atoms with E-state index < -0.39 is 5.60 Å². The first-order valence-electron chi connectivity index (χ1n) is 7.27. The van der Waals surface area contributed by atoms with Crippen LogP contribution in [0.3, 0.4) is 0 Å². The highest BCUT2D eigenvalue weighted by Gasteiger charge is 2.31. The summed E-state index contributed by atoms with van der Waals surface area (Å²) in [6.45, 7) is 8.06. The van der Waals surface area contributed by atoms with Crippen LogP contribution in [0.2, 0.25) is 0 Å². The van der Waals surface area contributed by atoms with Gasteiger partial charge in [-0.1, -0.05) is 0 Å². The first-order chi connectivity index (χ1) is 10.0. The molecule has 2 heterocycles. The van der Waals surface area contributed by atoms with E-state index in [-0.39, 0.29) is 0 Å². The van der Waals surface area contributed by atoms with Crippen molar-refractivity contribution < 1.29 is 5.11 Å². The highest BCUT2D eigenvalue weighted by Crippen LogP contribution is 2.26. The third-order valence-corrected chi connectivity index (χ3v) is 5.68. The summed E-state index contributed by atoms with van der Waals surface area (Å²) in [6.07, 6.45) is 0.844. The van der Waals surface area contributed by atoms with Crippen LogP contribution >= 0.6 is 23.1 Å². The number of nitrogens with zero attached hydrogens (tertiary/aromatic N) is 2. The minimum atomic E-state index is -0.599. The van der Waals surface area contributed by atoms with Crippen molar-refractivity contribution in [1.82, 2.24) is 15.6 Å². The second kappa shape index (κ2) is 7.47. The Morgan fingerprint density at radius 1 is 1.43 bits per heavy atom. The van der Waals surface area contributed by atoms with Crippen LogP contribution in [0.1, 0.15) is 28.9 Å². The number of aromatic nitrogens is 1.